The predicted octanol–water partition coefficient (Wildman–Crippen LogP) is 2.94. The molecule has 0 radical (unpaired) electrons. The van der Waals surface area contributed by atoms with Crippen LogP contribution >= 0.6 is 15.9 Å². The lowest BCUT2D eigenvalue weighted by atomic mass is 10.3. The molecule has 2 aromatic rings. The summed E-state index contributed by atoms with van der Waals surface area (Å²) in [5.41, 5.74) is -0.133. The molecule has 7 heteroatoms. The SMILES string of the molecule is CCCn1cc(Oc2cc(Br)cnc2C(=O)O)cn1. The van der Waals surface area contributed by atoms with Crippen molar-refractivity contribution >= 4 is 21.9 Å². The fourth-order valence-electron chi connectivity index (χ4n) is 1.53. The van der Waals surface area contributed by atoms with E-state index in [4.69, 9.17) is 9.84 Å². The molecular weight excluding hydrogens is 314 g/mol. The van der Waals surface area contributed by atoms with E-state index >= 15 is 0 Å². The third kappa shape index (κ3) is 3.31. The Bertz CT molecular complexity index is 598. The van der Waals surface area contributed by atoms with Crippen molar-refractivity contribution in [3.63, 3.8) is 0 Å². The van der Waals surface area contributed by atoms with Crippen LogP contribution in [0.5, 0.6) is 11.5 Å². The monoisotopic (exact) mass is 325 g/mol. The second-order valence-corrected chi connectivity index (χ2v) is 4.76. The average molecular weight is 326 g/mol. The Labute approximate surface area is 118 Å². The topological polar surface area (TPSA) is 77.2 Å². The normalized spacial score (nSPS) is 10.4. The average Bonchev–Trinajstić information content (AvgIpc) is 2.77. The van der Waals surface area contributed by atoms with Crippen molar-refractivity contribution in [2.45, 2.75) is 19.9 Å². The zero-order valence-corrected chi connectivity index (χ0v) is 11.8. The third-order valence-electron chi connectivity index (χ3n) is 2.31. The quantitative estimate of drug-likeness (QED) is 0.914. The number of hydrogen-bond donors (Lipinski definition) is 1. The molecule has 0 fully saturated rings. The molecule has 0 atom stereocenters. The van der Waals surface area contributed by atoms with Gasteiger partial charge in [-0.3, -0.25) is 4.68 Å². The van der Waals surface area contributed by atoms with Crippen molar-refractivity contribution in [3.05, 3.63) is 34.8 Å². The molecule has 2 heterocycles. The summed E-state index contributed by atoms with van der Waals surface area (Å²) in [7, 11) is 0. The highest BCUT2D eigenvalue weighted by Crippen LogP contribution is 2.26. The second kappa shape index (κ2) is 5.83. The molecule has 100 valence electrons. The lowest BCUT2D eigenvalue weighted by molar-refractivity contribution is 0.0687. The summed E-state index contributed by atoms with van der Waals surface area (Å²) < 4.78 is 7.91. The Kier molecular flexibility index (Phi) is 4.16. The highest BCUT2D eigenvalue weighted by molar-refractivity contribution is 9.10. The smallest absolute Gasteiger partial charge is 0.358 e. The molecule has 0 spiro atoms. The van der Waals surface area contributed by atoms with Gasteiger partial charge in [0.05, 0.1) is 12.4 Å². The van der Waals surface area contributed by atoms with Gasteiger partial charge in [-0.1, -0.05) is 6.92 Å². The first-order valence-corrected chi connectivity index (χ1v) is 6.48. The van der Waals surface area contributed by atoms with Gasteiger partial charge >= 0.3 is 5.97 Å². The van der Waals surface area contributed by atoms with E-state index in [0.717, 1.165) is 13.0 Å². The number of carboxylic acid groups (broad SMARTS) is 1. The van der Waals surface area contributed by atoms with Crippen molar-refractivity contribution in [1.82, 2.24) is 14.8 Å². The molecule has 0 aliphatic carbocycles. The van der Waals surface area contributed by atoms with Gasteiger partial charge < -0.3 is 9.84 Å². The number of halogens is 1. The van der Waals surface area contributed by atoms with Crippen molar-refractivity contribution in [2.24, 2.45) is 0 Å². The van der Waals surface area contributed by atoms with Crippen LogP contribution in [0.3, 0.4) is 0 Å². The van der Waals surface area contributed by atoms with Gasteiger partial charge in [-0.15, -0.1) is 0 Å². The minimum atomic E-state index is -1.14. The Hall–Kier alpha value is -1.89. The van der Waals surface area contributed by atoms with Gasteiger partial charge in [0.25, 0.3) is 0 Å². The van der Waals surface area contributed by atoms with Gasteiger partial charge in [-0.05, 0) is 28.4 Å². The molecule has 0 aromatic carbocycles. The summed E-state index contributed by atoms with van der Waals surface area (Å²) >= 11 is 3.23. The first kappa shape index (κ1) is 13.5. The molecular formula is C12H12BrN3O3. The van der Waals surface area contributed by atoms with Gasteiger partial charge in [0, 0.05) is 17.2 Å². The molecule has 6 nitrogen and oxygen atoms in total. The second-order valence-electron chi connectivity index (χ2n) is 3.85. The molecule has 0 amide bonds. The van der Waals surface area contributed by atoms with E-state index in [1.165, 1.54) is 6.20 Å². The maximum atomic E-state index is 11.1. The van der Waals surface area contributed by atoms with Gasteiger partial charge in [-0.25, -0.2) is 9.78 Å². The molecule has 2 rings (SSSR count). The van der Waals surface area contributed by atoms with Crippen molar-refractivity contribution in [1.29, 1.82) is 0 Å². The van der Waals surface area contributed by atoms with Crippen LogP contribution in [0.25, 0.3) is 0 Å². The zero-order chi connectivity index (χ0) is 13.8. The Morgan fingerprint density at radius 3 is 3.00 bits per heavy atom. The lowest BCUT2D eigenvalue weighted by Crippen LogP contribution is -2.03. The number of pyridine rings is 1. The van der Waals surface area contributed by atoms with E-state index < -0.39 is 5.97 Å². The number of nitrogens with zero attached hydrogens (tertiary/aromatic N) is 3. The number of carbonyl (C=O) groups is 1. The highest BCUT2D eigenvalue weighted by Gasteiger charge is 2.15. The van der Waals surface area contributed by atoms with E-state index in [1.54, 1.807) is 23.1 Å². The van der Waals surface area contributed by atoms with Gasteiger partial charge in [0.2, 0.25) is 0 Å². The zero-order valence-electron chi connectivity index (χ0n) is 10.2. The molecule has 0 aliphatic heterocycles. The van der Waals surface area contributed by atoms with E-state index in [2.05, 4.69) is 26.0 Å². The van der Waals surface area contributed by atoms with E-state index in [9.17, 15) is 4.79 Å². The Morgan fingerprint density at radius 1 is 1.53 bits per heavy atom. The molecule has 0 bridgehead atoms. The van der Waals surface area contributed by atoms with Crippen molar-refractivity contribution < 1.29 is 14.6 Å². The molecule has 1 N–H and O–H groups in total. The fraction of sp³-hybridized carbons (Fsp3) is 0.250. The first-order valence-electron chi connectivity index (χ1n) is 5.69. The summed E-state index contributed by atoms with van der Waals surface area (Å²) in [5, 5.41) is 13.2. The van der Waals surface area contributed by atoms with Crippen molar-refractivity contribution in [3.8, 4) is 11.5 Å². The molecule has 0 aliphatic rings. The van der Waals surface area contributed by atoms with Crippen LogP contribution in [0.15, 0.2) is 29.1 Å². The Morgan fingerprint density at radius 2 is 2.32 bits per heavy atom. The van der Waals surface area contributed by atoms with Gasteiger partial charge in [0.1, 0.15) is 0 Å². The summed E-state index contributed by atoms with van der Waals surface area (Å²) in [6.45, 7) is 2.83. The number of aromatic carboxylic acids is 1. The number of hydrogen-bond acceptors (Lipinski definition) is 4. The highest BCUT2D eigenvalue weighted by atomic mass is 79.9. The largest absolute Gasteiger partial charge is 0.476 e. The van der Waals surface area contributed by atoms with Crippen LogP contribution in [-0.2, 0) is 6.54 Å². The van der Waals surface area contributed by atoms with Gasteiger partial charge in [-0.2, -0.15) is 5.10 Å². The summed E-state index contributed by atoms with van der Waals surface area (Å²) in [6.07, 6.45) is 5.63. The molecule has 2 aromatic heterocycles. The molecule has 0 saturated heterocycles. The first-order chi connectivity index (χ1) is 9.10. The number of aryl methyl sites for hydroxylation is 1. The fourth-order valence-corrected chi connectivity index (χ4v) is 1.85. The van der Waals surface area contributed by atoms with Crippen LogP contribution in [-0.4, -0.2) is 25.8 Å². The molecule has 0 unspecified atom stereocenters. The maximum Gasteiger partial charge on any atom is 0.358 e. The van der Waals surface area contributed by atoms with Crippen LogP contribution in [0.4, 0.5) is 0 Å². The van der Waals surface area contributed by atoms with Crippen molar-refractivity contribution in [2.75, 3.05) is 0 Å². The predicted molar refractivity (Wildman–Crippen MR) is 71.5 cm³/mol. The minimum Gasteiger partial charge on any atom is -0.476 e. The molecule has 19 heavy (non-hydrogen) atoms. The van der Waals surface area contributed by atoms with E-state index in [0.29, 0.717) is 10.2 Å². The van der Waals surface area contributed by atoms with E-state index in [1.807, 2.05) is 6.92 Å². The van der Waals surface area contributed by atoms with Crippen LogP contribution < -0.4 is 4.74 Å². The van der Waals surface area contributed by atoms with Crippen LogP contribution in [0, 0.1) is 0 Å². The van der Waals surface area contributed by atoms with Gasteiger partial charge in [0.15, 0.2) is 17.2 Å². The lowest BCUT2D eigenvalue weighted by Gasteiger charge is -2.06. The number of carboxylic acids is 1. The van der Waals surface area contributed by atoms with Crippen LogP contribution in [0.1, 0.15) is 23.8 Å². The summed E-state index contributed by atoms with van der Waals surface area (Å²) in [6, 6.07) is 1.56. The Balaban J connectivity index is 2.26. The minimum absolute atomic E-state index is 0.133. The number of rotatable bonds is 5. The third-order valence-corrected chi connectivity index (χ3v) is 2.75. The summed E-state index contributed by atoms with van der Waals surface area (Å²) in [5.74, 6) is -0.475. The van der Waals surface area contributed by atoms with Crippen LogP contribution in [0.2, 0.25) is 0 Å². The molecule has 0 saturated carbocycles. The maximum absolute atomic E-state index is 11.1. The van der Waals surface area contributed by atoms with E-state index in [-0.39, 0.29) is 11.4 Å². The standard InChI is InChI=1S/C12H12BrN3O3/c1-2-3-16-7-9(6-15-16)19-10-4-8(13)5-14-11(10)12(17)18/h4-7H,2-3H2,1H3,(H,17,18). The number of aromatic nitrogens is 3. The number of ether oxygens (including phenoxy) is 1. The summed E-state index contributed by atoms with van der Waals surface area (Å²) in [4.78, 5) is 14.9.